The number of sulfone groups is 1. The summed E-state index contributed by atoms with van der Waals surface area (Å²) in [4.78, 5) is 24.0. The van der Waals surface area contributed by atoms with Crippen LogP contribution < -0.4 is 14.4 Å². The summed E-state index contributed by atoms with van der Waals surface area (Å²) in [5, 5.41) is 0.940. The molecule has 4 aromatic rings. The minimum absolute atomic E-state index is 0.0169. The average Bonchev–Trinajstić information content (AvgIpc) is 3.34. The smallest absolute Gasteiger partial charge is 0.229 e. The molecule has 0 aliphatic carbocycles. The molecule has 0 atom stereocenters. The zero-order valence-corrected chi connectivity index (χ0v) is 22.1. The number of benzene rings is 2. The van der Waals surface area contributed by atoms with Crippen molar-refractivity contribution in [3.05, 3.63) is 71.5 Å². The van der Waals surface area contributed by atoms with Gasteiger partial charge in [0.1, 0.15) is 17.0 Å². The van der Waals surface area contributed by atoms with Crippen LogP contribution in [0.15, 0.2) is 65.7 Å². The molecule has 4 rings (SSSR count). The first-order valence-corrected chi connectivity index (χ1v) is 13.9. The van der Waals surface area contributed by atoms with Crippen LogP contribution in [0.4, 0.5) is 5.13 Å². The van der Waals surface area contributed by atoms with Gasteiger partial charge in [-0.05, 0) is 55.0 Å². The Morgan fingerprint density at radius 3 is 2.50 bits per heavy atom. The number of halogens is 1. The third-order valence-corrected chi connectivity index (χ3v) is 8.82. The van der Waals surface area contributed by atoms with Gasteiger partial charge in [0.25, 0.3) is 0 Å². The minimum atomic E-state index is -3.55. The van der Waals surface area contributed by atoms with Gasteiger partial charge in [-0.15, -0.1) is 0 Å². The first-order valence-electron chi connectivity index (χ1n) is 11.0. The van der Waals surface area contributed by atoms with E-state index in [1.165, 1.54) is 35.5 Å². The fourth-order valence-corrected chi connectivity index (χ4v) is 6.17. The highest BCUT2D eigenvalue weighted by atomic mass is 35.5. The number of nitrogens with zero attached hydrogens (tertiary/aromatic N) is 3. The fraction of sp³-hybridized carbons (Fsp3) is 0.240. The van der Waals surface area contributed by atoms with Crippen LogP contribution in [0, 0.1) is 0 Å². The highest BCUT2D eigenvalue weighted by molar-refractivity contribution is 7.91. The second kappa shape index (κ2) is 11.2. The fourth-order valence-electron chi connectivity index (χ4n) is 3.59. The van der Waals surface area contributed by atoms with Crippen molar-refractivity contribution in [2.24, 2.45) is 0 Å². The van der Waals surface area contributed by atoms with Gasteiger partial charge in [0.05, 0.1) is 46.8 Å². The normalized spacial score (nSPS) is 11.4. The Bertz CT molecular complexity index is 1460. The Hall–Kier alpha value is -3.21. The van der Waals surface area contributed by atoms with E-state index in [1.807, 2.05) is 12.1 Å². The van der Waals surface area contributed by atoms with Gasteiger partial charge >= 0.3 is 0 Å². The van der Waals surface area contributed by atoms with E-state index in [1.54, 1.807) is 43.6 Å². The monoisotopic (exact) mass is 545 g/mol. The van der Waals surface area contributed by atoms with E-state index in [-0.39, 0.29) is 35.9 Å². The maximum Gasteiger partial charge on any atom is 0.229 e. The third-order valence-electron chi connectivity index (χ3n) is 5.47. The summed E-state index contributed by atoms with van der Waals surface area (Å²) in [6.45, 7) is 0.185. The molecule has 0 spiro atoms. The molecule has 0 aliphatic rings. The molecule has 0 saturated carbocycles. The number of carbonyl (C=O) groups is 1. The molecule has 0 fully saturated rings. The summed E-state index contributed by atoms with van der Waals surface area (Å²) >= 11 is 7.65. The SMILES string of the molecule is COc1ccc(S(=O)(=O)CCCC(=O)N(Cc2ccccn2)c2nc3c(OC)ccc(Cl)c3s2)cc1. The van der Waals surface area contributed by atoms with Crippen LogP contribution in [-0.4, -0.2) is 44.3 Å². The van der Waals surface area contributed by atoms with Gasteiger partial charge in [0.2, 0.25) is 5.91 Å². The van der Waals surface area contributed by atoms with Gasteiger partial charge in [0.15, 0.2) is 15.0 Å². The van der Waals surface area contributed by atoms with E-state index >= 15 is 0 Å². The van der Waals surface area contributed by atoms with Gasteiger partial charge in [-0.3, -0.25) is 14.7 Å². The van der Waals surface area contributed by atoms with E-state index in [0.29, 0.717) is 37.6 Å². The molecule has 0 radical (unpaired) electrons. The van der Waals surface area contributed by atoms with Crippen molar-refractivity contribution in [1.29, 1.82) is 0 Å². The number of amides is 1. The number of rotatable bonds is 10. The van der Waals surface area contributed by atoms with E-state index in [2.05, 4.69) is 9.97 Å². The van der Waals surface area contributed by atoms with Crippen molar-refractivity contribution < 1.29 is 22.7 Å². The van der Waals surface area contributed by atoms with E-state index in [0.717, 1.165) is 0 Å². The lowest BCUT2D eigenvalue weighted by molar-refractivity contribution is -0.118. The summed E-state index contributed by atoms with van der Waals surface area (Å²) in [5.41, 5.74) is 1.24. The molecule has 0 bridgehead atoms. The Morgan fingerprint density at radius 1 is 1.06 bits per heavy atom. The predicted octanol–water partition coefficient (Wildman–Crippen LogP) is 5.15. The molecule has 0 aliphatic heterocycles. The number of fused-ring (bicyclic) bond motifs is 1. The zero-order chi connectivity index (χ0) is 25.7. The van der Waals surface area contributed by atoms with Gasteiger partial charge in [-0.1, -0.05) is 29.0 Å². The van der Waals surface area contributed by atoms with Crippen molar-refractivity contribution in [3.8, 4) is 11.5 Å². The van der Waals surface area contributed by atoms with Crippen molar-refractivity contribution in [2.75, 3.05) is 24.9 Å². The molecule has 8 nitrogen and oxygen atoms in total. The molecule has 188 valence electrons. The number of methoxy groups -OCH3 is 2. The molecular weight excluding hydrogens is 522 g/mol. The van der Waals surface area contributed by atoms with Crippen LogP contribution in [0.5, 0.6) is 11.5 Å². The first-order chi connectivity index (χ1) is 17.3. The second-order valence-corrected chi connectivity index (χ2v) is 11.3. The Balaban J connectivity index is 1.55. The Morgan fingerprint density at radius 2 is 1.83 bits per heavy atom. The van der Waals surface area contributed by atoms with Crippen molar-refractivity contribution in [3.63, 3.8) is 0 Å². The lowest BCUT2D eigenvalue weighted by Crippen LogP contribution is -2.30. The van der Waals surface area contributed by atoms with Crippen molar-refractivity contribution in [1.82, 2.24) is 9.97 Å². The molecule has 11 heteroatoms. The van der Waals surface area contributed by atoms with E-state index in [4.69, 9.17) is 21.1 Å². The van der Waals surface area contributed by atoms with Gasteiger partial charge in [-0.2, -0.15) is 0 Å². The average molecular weight is 546 g/mol. The minimum Gasteiger partial charge on any atom is -0.497 e. The molecule has 2 aromatic heterocycles. The van der Waals surface area contributed by atoms with Gasteiger partial charge in [-0.25, -0.2) is 13.4 Å². The van der Waals surface area contributed by atoms with Crippen LogP contribution in [0.3, 0.4) is 0 Å². The number of hydrogen-bond acceptors (Lipinski definition) is 8. The topological polar surface area (TPSA) is 98.7 Å². The van der Waals surface area contributed by atoms with Crippen LogP contribution >= 0.6 is 22.9 Å². The van der Waals surface area contributed by atoms with Crippen LogP contribution in [0.25, 0.3) is 10.2 Å². The maximum atomic E-state index is 13.4. The number of pyridine rings is 1. The standard InChI is InChI=1S/C25H24ClN3O5S2/c1-33-18-8-10-19(11-9-18)36(31,32)15-5-7-22(30)29(16-17-6-3-4-14-27-17)25-28-23-21(34-2)13-12-20(26)24(23)35-25/h3-4,6,8-14H,5,7,15-16H2,1-2H3. The number of carbonyl (C=O) groups excluding carboxylic acids is 1. The number of anilines is 1. The second-order valence-electron chi connectivity index (χ2n) is 7.82. The predicted molar refractivity (Wildman–Crippen MR) is 141 cm³/mol. The lowest BCUT2D eigenvalue weighted by atomic mass is 10.2. The molecular formula is C25H24ClN3O5S2. The summed E-state index contributed by atoms with van der Waals surface area (Å²) in [5.74, 6) is 0.691. The van der Waals surface area contributed by atoms with Gasteiger partial charge in [0, 0.05) is 12.6 Å². The maximum absolute atomic E-state index is 13.4. The molecule has 0 unspecified atom stereocenters. The number of thiazole rings is 1. The Labute approximate surface area is 218 Å². The molecule has 0 N–H and O–H groups in total. The zero-order valence-electron chi connectivity index (χ0n) is 19.7. The first kappa shape index (κ1) is 25.9. The molecule has 0 saturated heterocycles. The number of ether oxygens (including phenoxy) is 2. The van der Waals surface area contributed by atoms with Crippen molar-refractivity contribution in [2.45, 2.75) is 24.3 Å². The summed E-state index contributed by atoms with van der Waals surface area (Å²) in [7, 11) is -0.492. The van der Waals surface area contributed by atoms with Crippen molar-refractivity contribution >= 4 is 54.0 Å². The van der Waals surface area contributed by atoms with Crippen LogP contribution in [0.2, 0.25) is 5.02 Å². The lowest BCUT2D eigenvalue weighted by Gasteiger charge is -2.19. The molecule has 2 aromatic carbocycles. The summed E-state index contributed by atoms with van der Waals surface area (Å²) in [6, 6.07) is 15.1. The third kappa shape index (κ3) is 5.77. The summed E-state index contributed by atoms with van der Waals surface area (Å²) < 4.78 is 36.7. The molecule has 1 amide bonds. The number of hydrogen-bond donors (Lipinski definition) is 0. The Kier molecular flexibility index (Phi) is 8.07. The van der Waals surface area contributed by atoms with E-state index in [9.17, 15) is 13.2 Å². The quantitative estimate of drug-likeness (QED) is 0.272. The molecule has 2 heterocycles. The highest BCUT2D eigenvalue weighted by Crippen LogP contribution is 2.39. The van der Waals surface area contributed by atoms with E-state index < -0.39 is 9.84 Å². The van der Waals surface area contributed by atoms with Gasteiger partial charge < -0.3 is 9.47 Å². The highest BCUT2D eigenvalue weighted by Gasteiger charge is 2.24. The largest absolute Gasteiger partial charge is 0.497 e. The summed E-state index contributed by atoms with van der Waals surface area (Å²) in [6.07, 6.45) is 1.82. The number of aromatic nitrogens is 2. The molecule has 36 heavy (non-hydrogen) atoms. The van der Waals surface area contributed by atoms with Crippen LogP contribution in [-0.2, 0) is 21.2 Å². The van der Waals surface area contributed by atoms with Crippen LogP contribution in [0.1, 0.15) is 18.5 Å².